The lowest BCUT2D eigenvalue weighted by Crippen LogP contribution is -2.28. The number of hydrogen-bond donors (Lipinski definition) is 1. The molecule has 2 aromatic carbocycles. The van der Waals surface area contributed by atoms with E-state index in [4.69, 9.17) is 0 Å². The maximum absolute atomic E-state index is 12.2. The molecule has 122 valence electrons. The van der Waals surface area contributed by atoms with Crippen molar-refractivity contribution in [3.63, 3.8) is 0 Å². The molecule has 0 aliphatic rings. The summed E-state index contributed by atoms with van der Waals surface area (Å²) in [6.45, 7) is 1.98. The molecular formula is C18H17BrN4O. The normalized spacial score (nSPS) is 11.9. The number of rotatable bonds is 5. The molecular weight excluding hydrogens is 368 g/mol. The van der Waals surface area contributed by atoms with E-state index in [1.165, 1.54) is 6.33 Å². The topological polar surface area (TPSA) is 59.8 Å². The van der Waals surface area contributed by atoms with E-state index in [0.29, 0.717) is 6.42 Å². The van der Waals surface area contributed by atoms with Crippen LogP contribution in [-0.4, -0.2) is 20.7 Å². The van der Waals surface area contributed by atoms with E-state index in [-0.39, 0.29) is 11.9 Å². The summed E-state index contributed by atoms with van der Waals surface area (Å²) in [6.07, 6.45) is 3.52. The second-order valence-electron chi connectivity index (χ2n) is 5.52. The fraction of sp³-hybridized carbons (Fsp3) is 0.167. The number of carbonyl (C=O) groups excluding carboxylic acids is 1. The van der Waals surface area contributed by atoms with Gasteiger partial charge >= 0.3 is 0 Å². The summed E-state index contributed by atoms with van der Waals surface area (Å²) in [5.41, 5.74) is 2.97. The Labute approximate surface area is 148 Å². The van der Waals surface area contributed by atoms with Gasteiger partial charge in [0, 0.05) is 4.47 Å². The summed E-state index contributed by atoms with van der Waals surface area (Å²) >= 11 is 3.39. The zero-order valence-electron chi connectivity index (χ0n) is 13.2. The van der Waals surface area contributed by atoms with Crippen LogP contribution < -0.4 is 5.32 Å². The summed E-state index contributed by atoms with van der Waals surface area (Å²) in [6, 6.07) is 15.6. The van der Waals surface area contributed by atoms with Crippen LogP contribution in [0, 0.1) is 0 Å². The second-order valence-corrected chi connectivity index (χ2v) is 6.44. The molecule has 0 saturated heterocycles. The Morgan fingerprint density at radius 1 is 1.17 bits per heavy atom. The van der Waals surface area contributed by atoms with Gasteiger partial charge in [-0.15, -0.1) is 0 Å². The molecule has 24 heavy (non-hydrogen) atoms. The van der Waals surface area contributed by atoms with Crippen molar-refractivity contribution in [2.45, 2.75) is 19.4 Å². The first-order chi connectivity index (χ1) is 11.6. The van der Waals surface area contributed by atoms with Crippen molar-refractivity contribution < 1.29 is 4.79 Å². The summed E-state index contributed by atoms with van der Waals surface area (Å²) in [7, 11) is 0. The smallest absolute Gasteiger partial charge is 0.224 e. The van der Waals surface area contributed by atoms with Crippen LogP contribution in [0.1, 0.15) is 24.1 Å². The standard InChI is InChI=1S/C18H17BrN4O/c1-13(22-18(24)10-14-2-6-16(19)7-3-14)15-4-8-17(9-5-15)23-12-20-11-21-23/h2-9,11-13H,10H2,1H3,(H,22,24). The third kappa shape index (κ3) is 4.08. The van der Waals surface area contributed by atoms with Crippen molar-refractivity contribution in [2.75, 3.05) is 0 Å². The second kappa shape index (κ2) is 7.40. The van der Waals surface area contributed by atoms with Crippen LogP contribution in [0.15, 0.2) is 65.7 Å². The van der Waals surface area contributed by atoms with Crippen molar-refractivity contribution in [3.8, 4) is 5.69 Å². The Kier molecular flexibility index (Phi) is 5.05. The van der Waals surface area contributed by atoms with Crippen LogP contribution in [0.3, 0.4) is 0 Å². The Balaban J connectivity index is 1.60. The Morgan fingerprint density at radius 2 is 1.88 bits per heavy atom. The van der Waals surface area contributed by atoms with Gasteiger partial charge in [0.25, 0.3) is 0 Å². The maximum Gasteiger partial charge on any atom is 0.224 e. The molecule has 1 unspecified atom stereocenters. The molecule has 1 N–H and O–H groups in total. The lowest BCUT2D eigenvalue weighted by molar-refractivity contribution is -0.121. The van der Waals surface area contributed by atoms with Gasteiger partial charge in [-0.1, -0.05) is 40.2 Å². The zero-order chi connectivity index (χ0) is 16.9. The number of nitrogens with zero attached hydrogens (tertiary/aromatic N) is 3. The third-order valence-corrected chi connectivity index (χ3v) is 4.26. The number of carbonyl (C=O) groups is 1. The minimum absolute atomic E-state index is 0.00479. The van der Waals surface area contributed by atoms with Gasteiger partial charge in [-0.05, 0) is 42.3 Å². The largest absolute Gasteiger partial charge is 0.349 e. The average Bonchev–Trinajstić information content (AvgIpc) is 3.11. The monoisotopic (exact) mass is 384 g/mol. The SMILES string of the molecule is CC(NC(=O)Cc1ccc(Br)cc1)c1ccc(-n2cncn2)cc1. The van der Waals surface area contributed by atoms with Crippen LogP contribution in [0.5, 0.6) is 0 Å². The minimum Gasteiger partial charge on any atom is -0.349 e. The Morgan fingerprint density at radius 3 is 2.50 bits per heavy atom. The highest BCUT2D eigenvalue weighted by atomic mass is 79.9. The summed E-state index contributed by atoms with van der Waals surface area (Å²) < 4.78 is 2.70. The maximum atomic E-state index is 12.2. The van der Waals surface area contributed by atoms with E-state index in [2.05, 4.69) is 31.3 Å². The summed E-state index contributed by atoms with van der Waals surface area (Å²) in [5, 5.41) is 7.12. The molecule has 3 rings (SSSR count). The summed E-state index contributed by atoms with van der Waals surface area (Å²) in [4.78, 5) is 16.1. The molecule has 0 aliphatic carbocycles. The third-order valence-electron chi connectivity index (χ3n) is 3.73. The lowest BCUT2D eigenvalue weighted by atomic mass is 10.1. The lowest BCUT2D eigenvalue weighted by Gasteiger charge is -2.15. The Hall–Kier alpha value is -2.47. The number of nitrogens with one attached hydrogen (secondary N) is 1. The molecule has 1 atom stereocenters. The highest BCUT2D eigenvalue weighted by Gasteiger charge is 2.10. The van der Waals surface area contributed by atoms with Crippen molar-refractivity contribution in [1.82, 2.24) is 20.1 Å². The van der Waals surface area contributed by atoms with Gasteiger partial charge in [0.05, 0.1) is 18.2 Å². The predicted octanol–water partition coefficient (Wildman–Crippen LogP) is 3.45. The summed E-state index contributed by atoms with van der Waals surface area (Å²) in [5.74, 6) is 0.00479. The van der Waals surface area contributed by atoms with E-state index in [9.17, 15) is 4.79 Å². The van der Waals surface area contributed by atoms with Crippen LogP contribution in [0.25, 0.3) is 5.69 Å². The van der Waals surface area contributed by atoms with Gasteiger partial charge < -0.3 is 5.32 Å². The molecule has 1 heterocycles. The first-order valence-corrected chi connectivity index (χ1v) is 8.40. The molecule has 0 bridgehead atoms. The number of halogens is 1. The highest BCUT2D eigenvalue weighted by Crippen LogP contribution is 2.16. The number of aromatic nitrogens is 3. The van der Waals surface area contributed by atoms with Crippen molar-refractivity contribution >= 4 is 21.8 Å². The molecule has 0 spiro atoms. The van der Waals surface area contributed by atoms with Crippen molar-refractivity contribution in [2.24, 2.45) is 0 Å². The van der Waals surface area contributed by atoms with Crippen LogP contribution in [-0.2, 0) is 11.2 Å². The van der Waals surface area contributed by atoms with Gasteiger partial charge in [0.2, 0.25) is 5.91 Å². The van der Waals surface area contributed by atoms with Gasteiger partial charge in [0.1, 0.15) is 12.7 Å². The van der Waals surface area contributed by atoms with Gasteiger partial charge in [-0.25, -0.2) is 9.67 Å². The van der Waals surface area contributed by atoms with E-state index in [1.807, 2.05) is 55.5 Å². The van der Waals surface area contributed by atoms with E-state index in [0.717, 1.165) is 21.3 Å². The Bertz CT molecular complexity index is 798. The van der Waals surface area contributed by atoms with Gasteiger partial charge in [-0.3, -0.25) is 4.79 Å². The van der Waals surface area contributed by atoms with E-state index < -0.39 is 0 Å². The van der Waals surface area contributed by atoms with Gasteiger partial charge in [0.15, 0.2) is 0 Å². The molecule has 3 aromatic rings. The first-order valence-electron chi connectivity index (χ1n) is 7.60. The zero-order valence-corrected chi connectivity index (χ0v) is 14.8. The fourth-order valence-electron chi connectivity index (χ4n) is 2.42. The molecule has 0 saturated carbocycles. The van der Waals surface area contributed by atoms with E-state index >= 15 is 0 Å². The fourth-order valence-corrected chi connectivity index (χ4v) is 2.69. The predicted molar refractivity (Wildman–Crippen MR) is 95.8 cm³/mol. The molecule has 1 amide bonds. The highest BCUT2D eigenvalue weighted by molar-refractivity contribution is 9.10. The number of amides is 1. The van der Waals surface area contributed by atoms with Gasteiger partial charge in [-0.2, -0.15) is 5.10 Å². The quantitative estimate of drug-likeness (QED) is 0.732. The minimum atomic E-state index is -0.0576. The van der Waals surface area contributed by atoms with Crippen molar-refractivity contribution in [3.05, 3.63) is 76.8 Å². The average molecular weight is 385 g/mol. The van der Waals surface area contributed by atoms with Crippen molar-refractivity contribution in [1.29, 1.82) is 0 Å². The molecule has 6 heteroatoms. The van der Waals surface area contributed by atoms with E-state index in [1.54, 1.807) is 11.0 Å². The number of hydrogen-bond acceptors (Lipinski definition) is 3. The van der Waals surface area contributed by atoms with Crippen LogP contribution >= 0.6 is 15.9 Å². The molecule has 0 aliphatic heterocycles. The number of benzene rings is 2. The van der Waals surface area contributed by atoms with Crippen LogP contribution in [0.2, 0.25) is 0 Å². The molecule has 5 nitrogen and oxygen atoms in total. The molecule has 1 aromatic heterocycles. The molecule has 0 radical (unpaired) electrons. The molecule has 0 fully saturated rings. The van der Waals surface area contributed by atoms with Crippen LogP contribution in [0.4, 0.5) is 0 Å². The first kappa shape index (κ1) is 16.4.